The Kier molecular flexibility index (Phi) is 8.10. The molecular weight excluding hydrogens is 502 g/mol. The zero-order valence-corrected chi connectivity index (χ0v) is 23.1. The van der Waals surface area contributed by atoms with Crippen LogP contribution < -0.4 is 9.47 Å². The number of hydrogen-bond acceptors (Lipinski definition) is 5. The molecule has 0 aliphatic carbocycles. The Morgan fingerprint density at radius 1 is 0.925 bits per heavy atom. The molecule has 4 aromatic rings. The third-order valence-corrected chi connectivity index (χ3v) is 7.23. The van der Waals surface area contributed by atoms with E-state index in [0.717, 1.165) is 33.6 Å². The van der Waals surface area contributed by atoms with Crippen LogP contribution in [0.5, 0.6) is 11.5 Å². The molecule has 1 aromatic heterocycles. The molecule has 0 atom stereocenters. The van der Waals surface area contributed by atoms with Gasteiger partial charge in [0, 0.05) is 50.1 Å². The van der Waals surface area contributed by atoms with E-state index >= 15 is 0 Å². The van der Waals surface area contributed by atoms with Crippen molar-refractivity contribution in [2.45, 2.75) is 13.3 Å². The van der Waals surface area contributed by atoms with Crippen LogP contribution in [-0.2, 0) is 6.42 Å². The minimum absolute atomic E-state index is 0.0833. The summed E-state index contributed by atoms with van der Waals surface area (Å²) in [5.74, 6) is 1.06. The largest absolute Gasteiger partial charge is 0.496 e. The lowest BCUT2D eigenvalue weighted by molar-refractivity contribution is 0.0666. The van der Waals surface area contributed by atoms with Crippen LogP contribution in [0.1, 0.15) is 37.4 Å². The van der Waals surface area contributed by atoms with Crippen molar-refractivity contribution < 1.29 is 19.1 Å². The summed E-state index contributed by atoms with van der Waals surface area (Å²) < 4.78 is 11.9. The molecule has 0 radical (unpaired) electrons. The van der Waals surface area contributed by atoms with Crippen LogP contribution in [-0.4, -0.2) is 67.0 Å². The van der Waals surface area contributed by atoms with E-state index in [9.17, 15) is 9.59 Å². The van der Waals surface area contributed by atoms with Gasteiger partial charge in [0.1, 0.15) is 18.1 Å². The van der Waals surface area contributed by atoms with E-state index in [4.69, 9.17) is 9.47 Å². The van der Waals surface area contributed by atoms with Crippen LogP contribution in [0.25, 0.3) is 11.1 Å². The Hall–Kier alpha value is -4.65. The lowest BCUT2D eigenvalue weighted by Crippen LogP contribution is -2.41. The van der Waals surface area contributed by atoms with Crippen molar-refractivity contribution in [1.29, 1.82) is 0 Å². The Labute approximate surface area is 235 Å². The van der Waals surface area contributed by atoms with Crippen molar-refractivity contribution in [3.8, 4) is 22.6 Å². The molecule has 0 N–H and O–H groups in total. The molecule has 0 spiro atoms. The van der Waals surface area contributed by atoms with Gasteiger partial charge in [0.15, 0.2) is 0 Å². The van der Waals surface area contributed by atoms with Gasteiger partial charge in [-0.15, -0.1) is 0 Å². The van der Waals surface area contributed by atoms with Gasteiger partial charge < -0.3 is 19.3 Å². The van der Waals surface area contributed by atoms with Crippen molar-refractivity contribution in [3.05, 3.63) is 113 Å². The highest BCUT2D eigenvalue weighted by atomic mass is 16.5. The number of hydrogen-bond donors (Lipinski definition) is 0. The minimum Gasteiger partial charge on any atom is -0.496 e. The molecule has 1 aliphatic rings. The molecule has 204 valence electrons. The van der Waals surface area contributed by atoms with Crippen molar-refractivity contribution in [1.82, 2.24) is 14.8 Å². The molecule has 2 amide bonds. The number of benzene rings is 3. The first-order valence-corrected chi connectivity index (χ1v) is 13.4. The number of para-hydroxylation sites is 1. The summed E-state index contributed by atoms with van der Waals surface area (Å²) in [5, 5.41) is 0. The number of rotatable bonds is 3. The van der Waals surface area contributed by atoms with Gasteiger partial charge in [-0.1, -0.05) is 36.4 Å². The van der Waals surface area contributed by atoms with Crippen molar-refractivity contribution in [3.63, 3.8) is 0 Å². The first kappa shape index (κ1) is 26.9. The Morgan fingerprint density at radius 2 is 1.75 bits per heavy atom. The minimum atomic E-state index is -0.161. The second-order valence-corrected chi connectivity index (χ2v) is 9.96. The summed E-state index contributed by atoms with van der Waals surface area (Å²) in [6.07, 6.45) is 4.19. The number of nitrogens with zero attached hydrogens (tertiary/aromatic N) is 3. The molecule has 2 heterocycles. The first-order valence-electron chi connectivity index (χ1n) is 13.4. The standard InChI is InChI=1S/C33H33N3O4/c1-23-7-4-11-29(31(23)39-3)33(38)36-16-15-35(2)32(37)26-9-5-8-24(19-26)20-28-21-25(27-10-6-14-34-22-27)12-13-30(28)40-18-17-36/h4-14,19,21-22H,15-18,20H2,1-3H3. The molecule has 7 nitrogen and oxygen atoms in total. The third kappa shape index (κ3) is 5.83. The number of ether oxygens (including phenoxy) is 2. The number of amides is 2. The van der Waals surface area contributed by atoms with Crippen molar-refractivity contribution in [2.75, 3.05) is 40.4 Å². The van der Waals surface area contributed by atoms with Gasteiger partial charge in [0.05, 0.1) is 19.2 Å². The average Bonchev–Trinajstić information content (AvgIpc) is 2.98. The maximum atomic E-state index is 13.7. The summed E-state index contributed by atoms with van der Waals surface area (Å²) in [7, 11) is 3.34. The highest BCUT2D eigenvalue weighted by molar-refractivity contribution is 5.97. The molecule has 0 saturated carbocycles. The Bertz CT molecular complexity index is 1520. The lowest BCUT2D eigenvalue weighted by atomic mass is 9.98. The molecule has 2 bridgehead atoms. The predicted molar refractivity (Wildman–Crippen MR) is 155 cm³/mol. The van der Waals surface area contributed by atoms with Crippen LogP contribution in [0.3, 0.4) is 0 Å². The van der Waals surface area contributed by atoms with E-state index in [1.165, 1.54) is 0 Å². The van der Waals surface area contributed by atoms with E-state index in [1.54, 1.807) is 36.2 Å². The summed E-state index contributed by atoms with van der Waals surface area (Å²) in [6, 6.07) is 23.3. The van der Waals surface area contributed by atoms with Gasteiger partial charge in [-0.2, -0.15) is 0 Å². The molecule has 0 saturated heterocycles. The molecule has 0 fully saturated rings. The average molecular weight is 536 g/mol. The molecule has 5 rings (SSSR count). The quantitative estimate of drug-likeness (QED) is 0.358. The fourth-order valence-electron chi connectivity index (χ4n) is 5.04. The van der Waals surface area contributed by atoms with Crippen LogP contribution in [0.4, 0.5) is 0 Å². The number of fused-ring (bicyclic) bond motifs is 3. The highest BCUT2D eigenvalue weighted by Crippen LogP contribution is 2.29. The van der Waals surface area contributed by atoms with Gasteiger partial charge in [-0.25, -0.2) is 0 Å². The highest BCUT2D eigenvalue weighted by Gasteiger charge is 2.23. The number of carbonyl (C=O) groups excluding carboxylic acids is 2. The summed E-state index contributed by atoms with van der Waals surface area (Å²) in [4.78, 5) is 34.7. The molecule has 3 aromatic carbocycles. The van der Waals surface area contributed by atoms with Crippen LogP contribution in [0.2, 0.25) is 0 Å². The molecule has 7 heteroatoms. The number of carbonyl (C=O) groups is 2. The van der Waals surface area contributed by atoms with Crippen molar-refractivity contribution in [2.24, 2.45) is 0 Å². The van der Waals surface area contributed by atoms with Gasteiger partial charge in [-0.05, 0) is 65.6 Å². The fourth-order valence-corrected chi connectivity index (χ4v) is 5.04. The maximum absolute atomic E-state index is 13.7. The fraction of sp³-hybridized carbons (Fsp3) is 0.242. The normalized spacial score (nSPS) is 14.1. The Balaban J connectivity index is 1.50. The summed E-state index contributed by atoms with van der Waals surface area (Å²) >= 11 is 0. The topological polar surface area (TPSA) is 72.0 Å². The zero-order valence-electron chi connectivity index (χ0n) is 23.1. The van der Waals surface area contributed by atoms with Crippen molar-refractivity contribution >= 4 is 11.8 Å². The van der Waals surface area contributed by atoms with E-state index in [-0.39, 0.29) is 11.8 Å². The SMILES string of the molecule is COc1c(C)cccc1C(=O)N1CCOc2ccc(-c3cccnc3)cc2Cc2cccc(c2)C(=O)N(C)CC1. The first-order chi connectivity index (χ1) is 19.4. The molecular formula is C33H33N3O4. The maximum Gasteiger partial charge on any atom is 0.257 e. The number of aryl methyl sites for hydroxylation is 1. The molecule has 40 heavy (non-hydrogen) atoms. The van der Waals surface area contributed by atoms with E-state index in [2.05, 4.69) is 11.1 Å². The third-order valence-electron chi connectivity index (χ3n) is 7.23. The van der Waals surface area contributed by atoms with Gasteiger partial charge in [0.25, 0.3) is 11.8 Å². The molecule has 1 aliphatic heterocycles. The lowest BCUT2D eigenvalue weighted by Gasteiger charge is -2.27. The monoisotopic (exact) mass is 535 g/mol. The smallest absolute Gasteiger partial charge is 0.257 e. The Morgan fingerprint density at radius 3 is 2.55 bits per heavy atom. The van der Waals surface area contributed by atoms with Crippen LogP contribution in [0, 0.1) is 6.92 Å². The second-order valence-electron chi connectivity index (χ2n) is 9.96. The number of likely N-dealkylation sites (N-methyl/N-ethyl adjacent to an activating group) is 1. The number of aromatic nitrogens is 1. The van der Waals surface area contributed by atoms with E-state index < -0.39 is 0 Å². The second kappa shape index (κ2) is 12.0. The van der Waals surface area contributed by atoms with Crippen LogP contribution in [0.15, 0.2) is 85.2 Å². The number of pyridine rings is 1. The predicted octanol–water partition coefficient (Wildman–Crippen LogP) is 5.26. The summed E-state index contributed by atoms with van der Waals surface area (Å²) in [5.41, 5.74) is 6.05. The van der Waals surface area contributed by atoms with E-state index in [1.807, 2.05) is 73.8 Å². The molecule has 0 unspecified atom stereocenters. The van der Waals surface area contributed by atoms with Gasteiger partial charge in [0.2, 0.25) is 0 Å². The van der Waals surface area contributed by atoms with Crippen LogP contribution >= 0.6 is 0 Å². The number of methoxy groups -OCH3 is 1. The van der Waals surface area contributed by atoms with E-state index in [0.29, 0.717) is 49.5 Å². The summed E-state index contributed by atoms with van der Waals surface area (Å²) in [6.45, 7) is 3.31. The zero-order chi connectivity index (χ0) is 28.1. The van der Waals surface area contributed by atoms with Gasteiger partial charge in [-0.3, -0.25) is 14.6 Å². The van der Waals surface area contributed by atoms with Gasteiger partial charge >= 0.3 is 0 Å².